The standard InChI is InChI=1S/C22H25N5O4/c1-12-6-4-5-9-27(12)22-25-19-18(21(29)26-22)17(15(11-23)20(28)24-19)14-8-7-13(30-2)10-16(14)31-3/h7-8,10,12,15,17H,4-6,9H2,1-3H3,(H2,24,25,26,28,29). The van der Waals surface area contributed by atoms with Crippen LogP contribution >= 0.6 is 0 Å². The van der Waals surface area contributed by atoms with Crippen LogP contribution in [0.3, 0.4) is 0 Å². The first-order valence-electron chi connectivity index (χ1n) is 10.3. The van der Waals surface area contributed by atoms with Gasteiger partial charge >= 0.3 is 0 Å². The van der Waals surface area contributed by atoms with Gasteiger partial charge in [-0.05, 0) is 32.3 Å². The van der Waals surface area contributed by atoms with Crippen LogP contribution in [0, 0.1) is 17.2 Å². The first-order chi connectivity index (χ1) is 15.0. The summed E-state index contributed by atoms with van der Waals surface area (Å²) in [6.45, 7) is 2.88. The van der Waals surface area contributed by atoms with E-state index in [9.17, 15) is 14.9 Å². The number of anilines is 2. The molecule has 2 aromatic rings. The van der Waals surface area contributed by atoms with Crippen molar-refractivity contribution in [1.82, 2.24) is 9.97 Å². The second kappa shape index (κ2) is 8.30. The summed E-state index contributed by atoms with van der Waals surface area (Å²) in [7, 11) is 3.03. The molecule has 3 unspecified atom stereocenters. The third-order valence-electron chi connectivity index (χ3n) is 6.10. The second-order valence-electron chi connectivity index (χ2n) is 7.87. The van der Waals surface area contributed by atoms with Crippen molar-refractivity contribution < 1.29 is 14.3 Å². The summed E-state index contributed by atoms with van der Waals surface area (Å²) in [6, 6.07) is 7.38. The third-order valence-corrected chi connectivity index (χ3v) is 6.10. The van der Waals surface area contributed by atoms with Crippen molar-refractivity contribution in [1.29, 1.82) is 5.26 Å². The van der Waals surface area contributed by atoms with Gasteiger partial charge in [0, 0.05) is 30.1 Å². The molecule has 9 nitrogen and oxygen atoms in total. The summed E-state index contributed by atoms with van der Waals surface area (Å²) in [6.07, 6.45) is 3.15. The number of carbonyl (C=O) groups excluding carboxylic acids is 1. The number of nitrogens with zero attached hydrogens (tertiary/aromatic N) is 3. The van der Waals surface area contributed by atoms with E-state index >= 15 is 0 Å². The lowest BCUT2D eigenvalue weighted by Gasteiger charge is -2.35. The molecule has 3 heterocycles. The number of aromatic nitrogens is 2. The van der Waals surface area contributed by atoms with Gasteiger partial charge in [-0.25, -0.2) is 0 Å². The zero-order valence-electron chi connectivity index (χ0n) is 17.8. The number of aromatic amines is 1. The van der Waals surface area contributed by atoms with Crippen molar-refractivity contribution in [2.45, 2.75) is 38.1 Å². The van der Waals surface area contributed by atoms with Crippen molar-refractivity contribution in [3.8, 4) is 17.6 Å². The summed E-state index contributed by atoms with van der Waals surface area (Å²) < 4.78 is 10.7. The van der Waals surface area contributed by atoms with Crippen molar-refractivity contribution in [3.63, 3.8) is 0 Å². The molecule has 2 aliphatic heterocycles. The minimum Gasteiger partial charge on any atom is -0.497 e. The van der Waals surface area contributed by atoms with Crippen LogP contribution < -0.4 is 25.2 Å². The van der Waals surface area contributed by atoms with E-state index < -0.39 is 17.7 Å². The van der Waals surface area contributed by atoms with Crippen molar-refractivity contribution in [2.75, 3.05) is 31.0 Å². The number of methoxy groups -OCH3 is 2. The minimum absolute atomic E-state index is 0.191. The summed E-state index contributed by atoms with van der Waals surface area (Å²) in [5.41, 5.74) is 0.432. The van der Waals surface area contributed by atoms with E-state index in [-0.39, 0.29) is 23.0 Å². The van der Waals surface area contributed by atoms with Crippen molar-refractivity contribution >= 4 is 17.7 Å². The maximum Gasteiger partial charge on any atom is 0.258 e. The topological polar surface area (TPSA) is 120 Å². The maximum absolute atomic E-state index is 13.3. The molecule has 162 valence electrons. The Morgan fingerprint density at radius 1 is 1.23 bits per heavy atom. The van der Waals surface area contributed by atoms with E-state index in [0.717, 1.165) is 25.8 Å². The fraction of sp³-hybridized carbons (Fsp3) is 0.455. The highest BCUT2D eigenvalue weighted by atomic mass is 16.5. The van der Waals surface area contributed by atoms with Crippen LogP contribution in [-0.4, -0.2) is 42.7 Å². The van der Waals surface area contributed by atoms with Crippen LogP contribution in [0.15, 0.2) is 23.0 Å². The van der Waals surface area contributed by atoms with Gasteiger partial charge < -0.3 is 19.7 Å². The first kappa shape index (κ1) is 20.7. The van der Waals surface area contributed by atoms with Gasteiger partial charge in [0.25, 0.3) is 5.56 Å². The molecule has 1 aromatic heterocycles. The number of rotatable bonds is 4. The van der Waals surface area contributed by atoms with Gasteiger partial charge in [0.15, 0.2) is 0 Å². The van der Waals surface area contributed by atoms with Crippen molar-refractivity contribution in [3.05, 3.63) is 39.7 Å². The number of carbonyl (C=O) groups is 1. The smallest absolute Gasteiger partial charge is 0.258 e. The van der Waals surface area contributed by atoms with E-state index in [2.05, 4.69) is 27.1 Å². The van der Waals surface area contributed by atoms with Gasteiger partial charge in [-0.2, -0.15) is 10.2 Å². The number of nitrogens with one attached hydrogen (secondary N) is 2. The van der Waals surface area contributed by atoms with Gasteiger partial charge in [0.2, 0.25) is 11.9 Å². The minimum atomic E-state index is -1.10. The number of amides is 1. The molecule has 0 saturated carbocycles. The second-order valence-corrected chi connectivity index (χ2v) is 7.87. The van der Waals surface area contributed by atoms with Crippen LogP contribution in [0.1, 0.15) is 43.2 Å². The van der Waals surface area contributed by atoms with E-state index in [1.165, 1.54) is 14.2 Å². The Morgan fingerprint density at radius 3 is 2.71 bits per heavy atom. The average Bonchev–Trinajstić information content (AvgIpc) is 2.77. The van der Waals surface area contributed by atoms with E-state index in [1.54, 1.807) is 18.2 Å². The Morgan fingerprint density at radius 2 is 2.03 bits per heavy atom. The van der Waals surface area contributed by atoms with Gasteiger partial charge in [0.05, 0.1) is 25.9 Å². The number of piperidine rings is 1. The lowest BCUT2D eigenvalue weighted by atomic mass is 9.78. The van der Waals surface area contributed by atoms with Crippen LogP contribution in [0.25, 0.3) is 0 Å². The van der Waals surface area contributed by atoms with Crippen LogP contribution in [0.5, 0.6) is 11.5 Å². The highest BCUT2D eigenvalue weighted by Crippen LogP contribution is 2.43. The van der Waals surface area contributed by atoms with Gasteiger partial charge in [-0.15, -0.1) is 0 Å². The van der Waals surface area contributed by atoms with Gasteiger partial charge in [-0.1, -0.05) is 6.07 Å². The summed E-state index contributed by atoms with van der Waals surface area (Å²) >= 11 is 0. The number of hydrogen-bond donors (Lipinski definition) is 2. The largest absolute Gasteiger partial charge is 0.497 e. The molecule has 2 aliphatic rings. The van der Waals surface area contributed by atoms with Gasteiger partial charge in [0.1, 0.15) is 23.2 Å². The summed E-state index contributed by atoms with van der Waals surface area (Å²) in [5.74, 6) is -0.790. The highest BCUT2D eigenvalue weighted by Gasteiger charge is 2.42. The molecule has 1 fully saturated rings. The molecular formula is C22H25N5O4. The predicted molar refractivity (Wildman–Crippen MR) is 115 cm³/mol. The van der Waals surface area contributed by atoms with E-state index in [0.29, 0.717) is 23.0 Å². The quantitative estimate of drug-likeness (QED) is 0.775. The average molecular weight is 423 g/mol. The summed E-state index contributed by atoms with van der Waals surface area (Å²) in [5, 5.41) is 12.4. The zero-order chi connectivity index (χ0) is 22.1. The Labute approximate surface area is 180 Å². The maximum atomic E-state index is 13.3. The fourth-order valence-corrected chi connectivity index (χ4v) is 4.46. The number of fused-ring (bicyclic) bond motifs is 1. The molecule has 31 heavy (non-hydrogen) atoms. The number of hydrogen-bond acceptors (Lipinski definition) is 7. The van der Waals surface area contributed by atoms with Crippen LogP contribution in [0.2, 0.25) is 0 Å². The number of ether oxygens (including phenoxy) is 2. The number of benzene rings is 1. The normalized spacial score (nSPS) is 22.8. The predicted octanol–water partition coefficient (Wildman–Crippen LogP) is 2.39. The van der Waals surface area contributed by atoms with E-state index in [1.807, 2.05) is 6.07 Å². The highest BCUT2D eigenvalue weighted by molar-refractivity contribution is 5.98. The molecule has 1 aromatic carbocycles. The Balaban J connectivity index is 1.87. The van der Waals surface area contributed by atoms with Crippen molar-refractivity contribution in [2.24, 2.45) is 5.92 Å². The number of H-pyrrole nitrogens is 1. The molecule has 0 bridgehead atoms. The lowest BCUT2D eigenvalue weighted by molar-refractivity contribution is -0.119. The molecule has 2 N–H and O–H groups in total. The lowest BCUT2D eigenvalue weighted by Crippen LogP contribution is -2.42. The molecule has 9 heteroatoms. The third kappa shape index (κ3) is 3.58. The molecule has 0 spiro atoms. The van der Waals surface area contributed by atoms with Crippen LogP contribution in [-0.2, 0) is 4.79 Å². The first-order valence-corrected chi connectivity index (χ1v) is 10.3. The van der Waals surface area contributed by atoms with Crippen LogP contribution in [0.4, 0.5) is 11.8 Å². The molecule has 0 radical (unpaired) electrons. The fourth-order valence-electron chi connectivity index (χ4n) is 4.46. The summed E-state index contributed by atoms with van der Waals surface area (Å²) in [4.78, 5) is 35.6. The zero-order valence-corrected chi connectivity index (χ0v) is 17.8. The number of nitriles is 1. The molecule has 0 aliphatic carbocycles. The molecule has 3 atom stereocenters. The van der Waals surface area contributed by atoms with Gasteiger partial charge in [-0.3, -0.25) is 14.6 Å². The molecule has 4 rings (SSSR count). The Bertz CT molecular complexity index is 1110. The Kier molecular flexibility index (Phi) is 5.55. The monoisotopic (exact) mass is 423 g/mol. The molecule has 1 amide bonds. The molecular weight excluding hydrogens is 398 g/mol. The molecule has 1 saturated heterocycles. The van der Waals surface area contributed by atoms with E-state index in [4.69, 9.17) is 9.47 Å². The Hall–Kier alpha value is -3.54. The SMILES string of the molecule is COc1ccc(C2c3c(nc(N4CCCCC4C)[nH]c3=O)NC(=O)C2C#N)c(OC)c1.